The number of nitrogens with zero attached hydrogens (tertiary/aromatic N) is 2. The maximum atomic E-state index is 11.0. The molecule has 2 aliphatic heterocycles. The number of amides is 2. The number of rotatable bonds is 8. The van der Waals surface area contributed by atoms with Crippen molar-refractivity contribution in [3.05, 3.63) is 25.3 Å². The molecule has 0 aromatic carbocycles. The zero-order valence-corrected chi connectivity index (χ0v) is 15.2. The lowest BCUT2D eigenvalue weighted by Crippen LogP contribution is -2.28. The second kappa shape index (κ2) is 12.0. The molecule has 0 aliphatic carbocycles. The van der Waals surface area contributed by atoms with E-state index in [4.69, 9.17) is 9.47 Å². The van der Waals surface area contributed by atoms with E-state index in [0.29, 0.717) is 26.2 Å². The van der Waals surface area contributed by atoms with Crippen molar-refractivity contribution in [3.63, 3.8) is 0 Å². The van der Waals surface area contributed by atoms with Gasteiger partial charge in [0, 0.05) is 24.4 Å². The van der Waals surface area contributed by atoms with Gasteiger partial charge in [0.1, 0.15) is 19.8 Å². The molecule has 2 heterocycles. The van der Waals surface area contributed by atoms with Crippen LogP contribution in [0, 0.1) is 0 Å². The van der Waals surface area contributed by atoms with Crippen LogP contribution in [-0.4, -0.2) is 84.8 Å². The van der Waals surface area contributed by atoms with Crippen LogP contribution in [-0.2, 0) is 23.8 Å². The van der Waals surface area contributed by atoms with Crippen LogP contribution in [0.25, 0.3) is 0 Å². The van der Waals surface area contributed by atoms with Crippen molar-refractivity contribution >= 4 is 35.0 Å². The van der Waals surface area contributed by atoms with Crippen molar-refractivity contribution < 1.29 is 33.4 Å². The van der Waals surface area contributed by atoms with Gasteiger partial charge in [-0.1, -0.05) is 24.9 Å². The molecule has 9 nitrogen and oxygen atoms in total. The Bertz CT molecular complexity index is 505. The van der Waals surface area contributed by atoms with E-state index in [-0.39, 0.29) is 24.5 Å². The fraction of sp³-hybridized carbons (Fsp3) is 0.500. The molecule has 0 atom stereocenters. The van der Waals surface area contributed by atoms with Gasteiger partial charge in [-0.3, -0.25) is 4.79 Å². The zero-order chi connectivity index (χ0) is 19.4. The predicted molar refractivity (Wildman–Crippen MR) is 94.7 cm³/mol. The first-order valence-corrected chi connectivity index (χ1v) is 8.88. The molecule has 0 aromatic rings. The summed E-state index contributed by atoms with van der Waals surface area (Å²) < 4.78 is 14.1. The Labute approximate surface area is 155 Å². The molecule has 0 spiro atoms. The number of hydrogen-bond donors (Lipinski definition) is 0. The van der Waals surface area contributed by atoms with Gasteiger partial charge < -0.3 is 24.0 Å². The SMILES string of the molecule is C=CC(=O)OCCN1CCOC1=O.C=CC(=O)OCCN1CCSC1=O. The van der Waals surface area contributed by atoms with E-state index in [1.807, 2.05) is 0 Å². The third kappa shape index (κ3) is 8.06. The first-order valence-electron chi connectivity index (χ1n) is 7.89. The highest BCUT2D eigenvalue weighted by Crippen LogP contribution is 2.16. The van der Waals surface area contributed by atoms with Crippen molar-refractivity contribution in [2.45, 2.75) is 0 Å². The average molecular weight is 386 g/mol. The van der Waals surface area contributed by atoms with E-state index in [2.05, 4.69) is 17.9 Å². The minimum Gasteiger partial charge on any atom is -0.461 e. The molecule has 2 fully saturated rings. The monoisotopic (exact) mass is 386 g/mol. The van der Waals surface area contributed by atoms with Crippen LogP contribution in [0.1, 0.15) is 0 Å². The number of carbonyl (C=O) groups excluding carboxylic acids is 4. The Balaban J connectivity index is 0.000000260. The smallest absolute Gasteiger partial charge is 0.410 e. The van der Waals surface area contributed by atoms with E-state index in [1.165, 1.54) is 16.7 Å². The van der Waals surface area contributed by atoms with Gasteiger partial charge in [0.25, 0.3) is 5.24 Å². The van der Waals surface area contributed by atoms with E-state index in [0.717, 1.165) is 24.4 Å². The summed E-state index contributed by atoms with van der Waals surface area (Å²) in [5, 5.41) is 0.0645. The van der Waals surface area contributed by atoms with E-state index in [9.17, 15) is 19.2 Å². The fourth-order valence-corrected chi connectivity index (χ4v) is 2.74. The second-order valence-electron chi connectivity index (χ2n) is 4.95. The Kier molecular flexibility index (Phi) is 9.91. The average Bonchev–Trinajstić information content (AvgIpc) is 3.23. The lowest BCUT2D eigenvalue weighted by atomic mass is 10.5. The molecule has 0 saturated carbocycles. The van der Waals surface area contributed by atoms with Crippen LogP contribution in [0.5, 0.6) is 0 Å². The summed E-state index contributed by atoms with van der Waals surface area (Å²) in [5.41, 5.74) is 0. The summed E-state index contributed by atoms with van der Waals surface area (Å²) in [5.74, 6) is -0.0966. The van der Waals surface area contributed by atoms with Crippen LogP contribution in [0.2, 0.25) is 0 Å². The molecule has 2 rings (SSSR count). The van der Waals surface area contributed by atoms with Gasteiger partial charge in [-0.2, -0.15) is 0 Å². The lowest BCUT2D eigenvalue weighted by Gasteiger charge is -2.13. The summed E-state index contributed by atoms with van der Waals surface area (Å²) in [4.78, 5) is 46.3. The summed E-state index contributed by atoms with van der Waals surface area (Å²) >= 11 is 1.30. The van der Waals surface area contributed by atoms with E-state index < -0.39 is 11.9 Å². The van der Waals surface area contributed by atoms with Gasteiger partial charge in [-0.05, 0) is 0 Å². The molecule has 10 heteroatoms. The lowest BCUT2D eigenvalue weighted by molar-refractivity contribution is -0.138. The predicted octanol–water partition coefficient (Wildman–Crippen LogP) is 1.05. The maximum Gasteiger partial charge on any atom is 0.410 e. The first-order chi connectivity index (χ1) is 12.5. The normalized spacial score (nSPS) is 15.7. The molecule has 0 aromatic heterocycles. The van der Waals surface area contributed by atoms with Gasteiger partial charge >= 0.3 is 18.0 Å². The van der Waals surface area contributed by atoms with Crippen LogP contribution < -0.4 is 0 Å². The van der Waals surface area contributed by atoms with E-state index in [1.54, 1.807) is 4.90 Å². The molecule has 0 radical (unpaired) electrons. The minimum atomic E-state index is -0.479. The van der Waals surface area contributed by atoms with Crippen LogP contribution >= 0.6 is 11.8 Å². The molecular formula is C16H22N2O7S. The summed E-state index contributed by atoms with van der Waals surface area (Å²) in [6.45, 7) is 9.51. The van der Waals surface area contributed by atoms with Gasteiger partial charge in [0.05, 0.1) is 19.6 Å². The number of carbonyl (C=O) groups is 4. The Morgan fingerprint density at radius 2 is 1.62 bits per heavy atom. The van der Waals surface area contributed by atoms with Gasteiger partial charge in [-0.15, -0.1) is 0 Å². The van der Waals surface area contributed by atoms with Crippen molar-refractivity contribution in [1.82, 2.24) is 9.80 Å². The van der Waals surface area contributed by atoms with Crippen molar-refractivity contribution in [1.29, 1.82) is 0 Å². The van der Waals surface area contributed by atoms with Crippen molar-refractivity contribution in [2.75, 3.05) is 51.8 Å². The number of cyclic esters (lactones) is 1. The Morgan fingerprint density at radius 1 is 1.04 bits per heavy atom. The fourth-order valence-electron chi connectivity index (χ4n) is 1.89. The second-order valence-corrected chi connectivity index (χ2v) is 5.99. The quantitative estimate of drug-likeness (QED) is 0.347. The molecule has 144 valence electrons. The van der Waals surface area contributed by atoms with E-state index >= 15 is 0 Å². The number of hydrogen-bond acceptors (Lipinski definition) is 8. The molecule has 2 amide bonds. The largest absolute Gasteiger partial charge is 0.461 e. The number of ether oxygens (including phenoxy) is 3. The van der Waals surface area contributed by atoms with Crippen LogP contribution in [0.15, 0.2) is 25.3 Å². The Morgan fingerprint density at radius 3 is 2.04 bits per heavy atom. The summed E-state index contributed by atoms with van der Waals surface area (Å²) in [6, 6.07) is 0. The molecule has 0 N–H and O–H groups in total. The zero-order valence-electron chi connectivity index (χ0n) is 14.4. The molecule has 2 saturated heterocycles. The first kappa shape index (κ1) is 21.6. The van der Waals surface area contributed by atoms with Gasteiger partial charge in [-0.25, -0.2) is 14.4 Å². The maximum absolute atomic E-state index is 11.0. The van der Waals surface area contributed by atoms with Crippen molar-refractivity contribution in [2.24, 2.45) is 0 Å². The Hall–Kier alpha value is -2.49. The van der Waals surface area contributed by atoms with Crippen LogP contribution in [0.3, 0.4) is 0 Å². The van der Waals surface area contributed by atoms with Crippen LogP contribution in [0.4, 0.5) is 9.59 Å². The topological polar surface area (TPSA) is 102 Å². The summed E-state index contributed by atoms with van der Waals surface area (Å²) in [7, 11) is 0. The highest BCUT2D eigenvalue weighted by atomic mass is 32.2. The highest BCUT2D eigenvalue weighted by Gasteiger charge is 2.21. The van der Waals surface area contributed by atoms with Gasteiger partial charge in [0.15, 0.2) is 0 Å². The molecule has 26 heavy (non-hydrogen) atoms. The van der Waals surface area contributed by atoms with Crippen molar-refractivity contribution in [3.8, 4) is 0 Å². The third-order valence-electron chi connectivity index (χ3n) is 3.23. The highest BCUT2D eigenvalue weighted by molar-refractivity contribution is 8.13. The molecule has 0 unspecified atom stereocenters. The van der Waals surface area contributed by atoms with Gasteiger partial charge in [0.2, 0.25) is 0 Å². The standard InChI is InChI=1S/C8H11NO4.C8H11NO3S/c2*1-2-7(10)12-5-3-9-4-6-13-8(9)11/h2*2H,1,3-6H2. The number of esters is 2. The molecule has 0 bridgehead atoms. The molecule has 2 aliphatic rings. The molecular weight excluding hydrogens is 364 g/mol. The minimum absolute atomic E-state index is 0.0645. The number of thioether (sulfide) groups is 1. The third-order valence-corrected chi connectivity index (χ3v) is 4.13. The summed E-state index contributed by atoms with van der Waals surface area (Å²) in [6.07, 6.45) is 1.85.